The number of piperidine rings is 1. The summed E-state index contributed by atoms with van der Waals surface area (Å²) >= 11 is 0. The minimum atomic E-state index is -4.57. The van der Waals surface area contributed by atoms with E-state index in [1.165, 1.54) is 6.42 Å². The molecule has 2 aliphatic rings. The largest absolute Gasteiger partial charge is 0.415 e. The molecule has 0 aromatic rings. The molecule has 134 valence electrons. The van der Waals surface area contributed by atoms with E-state index >= 15 is 0 Å². The van der Waals surface area contributed by atoms with Crippen molar-refractivity contribution in [3.05, 3.63) is 0 Å². The van der Waals surface area contributed by atoms with Crippen LogP contribution in [0, 0.1) is 0 Å². The summed E-state index contributed by atoms with van der Waals surface area (Å²) in [5.74, 6) is 0.119. The number of β-amino-alcohol motifs (C(OH)–C–C–N with tert-alkyl or cyclic N) is 1. The maximum atomic E-state index is 12.5. The van der Waals surface area contributed by atoms with E-state index in [0.717, 1.165) is 25.9 Å². The van der Waals surface area contributed by atoms with E-state index in [9.17, 15) is 18.0 Å². The third kappa shape index (κ3) is 5.06. The van der Waals surface area contributed by atoms with Gasteiger partial charge in [0.2, 0.25) is 5.91 Å². The first-order valence-corrected chi connectivity index (χ1v) is 8.29. The number of hydrogen-bond donors (Lipinski definition) is 1. The van der Waals surface area contributed by atoms with Crippen molar-refractivity contribution in [3.8, 4) is 0 Å². The second-order valence-corrected chi connectivity index (χ2v) is 6.46. The zero-order valence-electron chi connectivity index (χ0n) is 13.6. The van der Waals surface area contributed by atoms with Gasteiger partial charge in [0.25, 0.3) is 0 Å². The Morgan fingerprint density at radius 1 is 1.04 bits per heavy atom. The van der Waals surface area contributed by atoms with Crippen molar-refractivity contribution in [2.24, 2.45) is 0 Å². The molecule has 2 heterocycles. The van der Waals surface area contributed by atoms with Crippen molar-refractivity contribution in [2.45, 2.75) is 44.5 Å². The number of halogens is 3. The molecule has 2 saturated heterocycles. The monoisotopic (exact) mass is 337 g/mol. The summed E-state index contributed by atoms with van der Waals surface area (Å²) in [7, 11) is 0. The minimum absolute atomic E-state index is 0.119. The highest BCUT2D eigenvalue weighted by Gasteiger charge is 2.40. The Bertz CT molecular complexity index is 392. The van der Waals surface area contributed by atoms with E-state index in [4.69, 9.17) is 5.11 Å². The third-order valence-electron chi connectivity index (χ3n) is 4.79. The van der Waals surface area contributed by atoms with Crippen LogP contribution in [-0.4, -0.2) is 89.8 Å². The molecule has 0 saturated carbocycles. The number of nitrogens with zero attached hydrogens (tertiary/aromatic N) is 3. The van der Waals surface area contributed by atoms with Crippen molar-refractivity contribution in [2.75, 3.05) is 45.8 Å². The van der Waals surface area contributed by atoms with Gasteiger partial charge in [-0.15, -0.1) is 0 Å². The topological polar surface area (TPSA) is 47.0 Å². The van der Waals surface area contributed by atoms with Gasteiger partial charge in [-0.2, -0.15) is 13.2 Å². The number of alkyl halides is 3. The lowest BCUT2D eigenvalue weighted by Gasteiger charge is -2.40. The molecule has 0 aromatic heterocycles. The Balaban J connectivity index is 1.78. The summed E-state index contributed by atoms with van der Waals surface area (Å²) in [5.41, 5.74) is 0. The van der Waals surface area contributed by atoms with Gasteiger partial charge in [0, 0.05) is 45.8 Å². The van der Waals surface area contributed by atoms with Gasteiger partial charge in [-0.1, -0.05) is 0 Å². The first kappa shape index (κ1) is 18.5. The molecule has 0 radical (unpaired) electrons. The van der Waals surface area contributed by atoms with Crippen LogP contribution < -0.4 is 0 Å². The molecule has 0 spiro atoms. The Hall–Kier alpha value is -0.860. The molecule has 2 unspecified atom stereocenters. The van der Waals surface area contributed by atoms with Crippen LogP contribution in [0.5, 0.6) is 0 Å². The predicted molar refractivity (Wildman–Crippen MR) is 80.0 cm³/mol. The van der Waals surface area contributed by atoms with Crippen LogP contribution in [0.15, 0.2) is 0 Å². The highest BCUT2D eigenvalue weighted by atomic mass is 19.4. The lowest BCUT2D eigenvalue weighted by molar-refractivity contribution is -0.209. The fourth-order valence-electron chi connectivity index (χ4n) is 3.22. The van der Waals surface area contributed by atoms with Crippen molar-refractivity contribution in [1.29, 1.82) is 0 Å². The van der Waals surface area contributed by atoms with Crippen LogP contribution in [0.2, 0.25) is 0 Å². The molecule has 5 nitrogen and oxygen atoms in total. The number of hydrogen-bond acceptors (Lipinski definition) is 4. The standard InChI is InChI=1S/C15H26F3N3O2/c1-12(14(23)21-5-3-2-4-6-21)20-9-7-19(8-10-20)11-13(22)15(16,17)18/h12-13,22H,2-11H2,1H3. The fraction of sp³-hybridized carbons (Fsp3) is 0.933. The quantitative estimate of drug-likeness (QED) is 0.829. The number of aliphatic hydroxyl groups excluding tert-OH is 1. The van der Waals surface area contributed by atoms with E-state index in [0.29, 0.717) is 26.2 Å². The van der Waals surface area contributed by atoms with Gasteiger partial charge in [0.05, 0.1) is 6.04 Å². The average Bonchev–Trinajstić information content (AvgIpc) is 2.54. The second kappa shape index (κ2) is 7.81. The van der Waals surface area contributed by atoms with Gasteiger partial charge >= 0.3 is 6.18 Å². The maximum Gasteiger partial charge on any atom is 0.415 e. The molecule has 2 aliphatic heterocycles. The van der Waals surface area contributed by atoms with E-state index in [1.54, 1.807) is 4.90 Å². The fourth-order valence-corrected chi connectivity index (χ4v) is 3.22. The number of rotatable bonds is 4. The Kier molecular flexibility index (Phi) is 6.27. The molecule has 2 rings (SSSR count). The molecule has 8 heteroatoms. The van der Waals surface area contributed by atoms with Crippen molar-refractivity contribution < 1.29 is 23.1 Å². The summed E-state index contributed by atoms with van der Waals surface area (Å²) in [6.45, 7) is 5.05. The molecule has 0 aliphatic carbocycles. The Morgan fingerprint density at radius 3 is 2.13 bits per heavy atom. The summed E-state index contributed by atoms with van der Waals surface area (Å²) in [6.07, 6.45) is -3.63. The summed E-state index contributed by atoms with van der Waals surface area (Å²) < 4.78 is 37.2. The number of carbonyl (C=O) groups is 1. The number of aliphatic hydroxyl groups is 1. The SMILES string of the molecule is CC(C(=O)N1CCCCC1)N1CCN(CC(O)C(F)(F)F)CC1. The molecule has 0 bridgehead atoms. The summed E-state index contributed by atoms with van der Waals surface area (Å²) in [6, 6.07) is -0.234. The van der Waals surface area contributed by atoms with E-state index in [2.05, 4.69) is 0 Å². The van der Waals surface area contributed by atoms with Gasteiger partial charge < -0.3 is 10.0 Å². The highest BCUT2D eigenvalue weighted by Crippen LogP contribution is 2.21. The van der Waals surface area contributed by atoms with E-state index in [-0.39, 0.29) is 11.9 Å². The average molecular weight is 337 g/mol. The van der Waals surface area contributed by atoms with Gasteiger partial charge in [-0.3, -0.25) is 14.6 Å². The predicted octanol–water partition coefficient (Wildman–Crippen LogP) is 0.928. The Labute approximate surface area is 135 Å². The lowest BCUT2D eigenvalue weighted by atomic mass is 10.1. The van der Waals surface area contributed by atoms with Crippen LogP contribution in [0.1, 0.15) is 26.2 Å². The van der Waals surface area contributed by atoms with E-state index in [1.807, 2.05) is 16.7 Å². The zero-order chi connectivity index (χ0) is 17.0. The molecule has 2 fully saturated rings. The molecule has 0 aromatic carbocycles. The van der Waals surface area contributed by atoms with Gasteiger partial charge in [0.1, 0.15) is 0 Å². The molecular formula is C15H26F3N3O2. The molecular weight excluding hydrogens is 311 g/mol. The summed E-state index contributed by atoms with van der Waals surface area (Å²) in [5, 5.41) is 9.13. The van der Waals surface area contributed by atoms with Crippen LogP contribution in [0.25, 0.3) is 0 Å². The van der Waals surface area contributed by atoms with Crippen molar-refractivity contribution >= 4 is 5.91 Å². The Morgan fingerprint density at radius 2 is 1.61 bits per heavy atom. The van der Waals surface area contributed by atoms with Gasteiger partial charge in [-0.05, 0) is 26.2 Å². The number of likely N-dealkylation sites (tertiary alicyclic amines) is 1. The number of carbonyl (C=O) groups excluding carboxylic acids is 1. The maximum absolute atomic E-state index is 12.5. The molecule has 1 N–H and O–H groups in total. The third-order valence-corrected chi connectivity index (χ3v) is 4.79. The van der Waals surface area contributed by atoms with Gasteiger partial charge in [-0.25, -0.2) is 0 Å². The van der Waals surface area contributed by atoms with Crippen molar-refractivity contribution in [3.63, 3.8) is 0 Å². The minimum Gasteiger partial charge on any atom is -0.382 e. The first-order chi connectivity index (χ1) is 10.8. The zero-order valence-corrected chi connectivity index (χ0v) is 13.6. The van der Waals surface area contributed by atoms with Crippen molar-refractivity contribution in [1.82, 2.24) is 14.7 Å². The van der Waals surface area contributed by atoms with Crippen LogP contribution in [0.4, 0.5) is 13.2 Å². The van der Waals surface area contributed by atoms with Crippen LogP contribution >= 0.6 is 0 Å². The number of amides is 1. The smallest absolute Gasteiger partial charge is 0.382 e. The van der Waals surface area contributed by atoms with E-state index < -0.39 is 18.8 Å². The van der Waals surface area contributed by atoms with Gasteiger partial charge in [0.15, 0.2) is 6.10 Å². The lowest BCUT2D eigenvalue weighted by Crippen LogP contribution is -2.56. The first-order valence-electron chi connectivity index (χ1n) is 8.29. The summed E-state index contributed by atoms with van der Waals surface area (Å²) in [4.78, 5) is 18.0. The molecule has 1 amide bonds. The van der Waals surface area contributed by atoms with Crippen LogP contribution in [0.3, 0.4) is 0 Å². The highest BCUT2D eigenvalue weighted by molar-refractivity contribution is 5.81. The molecule has 2 atom stereocenters. The molecule has 23 heavy (non-hydrogen) atoms. The van der Waals surface area contributed by atoms with Crippen LogP contribution in [-0.2, 0) is 4.79 Å². The normalized spacial score (nSPS) is 24.5. The number of piperazine rings is 1. The second-order valence-electron chi connectivity index (χ2n) is 6.46.